The van der Waals surface area contributed by atoms with Crippen LogP contribution in [0.4, 0.5) is 0 Å². The van der Waals surface area contributed by atoms with Crippen molar-refractivity contribution in [2.24, 2.45) is 0 Å². The number of carbonyl (C=O) groups is 1. The molecule has 1 aliphatic carbocycles. The molecular weight excluding hydrogens is 370 g/mol. The lowest BCUT2D eigenvalue weighted by atomic mass is 10.1. The number of nitrogens with zero attached hydrogens (tertiary/aromatic N) is 1. The van der Waals surface area contributed by atoms with E-state index in [1.807, 2.05) is 41.5 Å². The monoisotopic (exact) mass is 391 g/mol. The summed E-state index contributed by atoms with van der Waals surface area (Å²) in [6, 6.07) is 11.5. The lowest BCUT2D eigenvalue weighted by Crippen LogP contribution is -2.33. The van der Waals surface area contributed by atoms with Crippen LogP contribution in [0.25, 0.3) is 0 Å². The third-order valence-electron chi connectivity index (χ3n) is 4.48. The highest BCUT2D eigenvalue weighted by molar-refractivity contribution is 7.98. The summed E-state index contributed by atoms with van der Waals surface area (Å²) in [5, 5.41) is 0.482. The Kier molecular flexibility index (Phi) is 5.99. The van der Waals surface area contributed by atoms with Gasteiger partial charge in [-0.1, -0.05) is 11.6 Å². The molecule has 1 amide bonds. The van der Waals surface area contributed by atoms with E-state index in [-0.39, 0.29) is 11.9 Å². The van der Waals surface area contributed by atoms with Gasteiger partial charge in [0.2, 0.25) is 0 Å². The molecule has 138 valence electrons. The van der Waals surface area contributed by atoms with Gasteiger partial charge >= 0.3 is 0 Å². The van der Waals surface area contributed by atoms with Gasteiger partial charge in [-0.2, -0.15) is 0 Å². The van der Waals surface area contributed by atoms with Crippen molar-refractivity contribution in [1.29, 1.82) is 0 Å². The van der Waals surface area contributed by atoms with Crippen LogP contribution in [0.15, 0.2) is 41.3 Å². The molecule has 0 spiro atoms. The Hall–Kier alpha value is -1.85. The molecule has 3 rings (SSSR count). The van der Waals surface area contributed by atoms with Crippen LogP contribution in [-0.4, -0.2) is 37.3 Å². The van der Waals surface area contributed by atoms with Gasteiger partial charge in [-0.15, -0.1) is 11.8 Å². The maximum absolute atomic E-state index is 13.2. The topological polar surface area (TPSA) is 38.8 Å². The van der Waals surface area contributed by atoms with E-state index < -0.39 is 0 Å². The van der Waals surface area contributed by atoms with E-state index in [9.17, 15) is 4.79 Å². The lowest BCUT2D eigenvalue weighted by molar-refractivity contribution is 0.0728. The molecule has 0 saturated heterocycles. The maximum Gasteiger partial charge on any atom is 0.255 e. The van der Waals surface area contributed by atoms with Crippen molar-refractivity contribution in [2.75, 3.05) is 20.5 Å². The van der Waals surface area contributed by atoms with Crippen molar-refractivity contribution in [3.63, 3.8) is 0 Å². The number of methoxy groups -OCH3 is 2. The van der Waals surface area contributed by atoms with Crippen molar-refractivity contribution in [2.45, 2.75) is 30.3 Å². The number of ether oxygens (including phenoxy) is 2. The number of halogens is 1. The second-order valence-electron chi connectivity index (χ2n) is 6.19. The third kappa shape index (κ3) is 4.10. The molecule has 2 aromatic rings. The standard InChI is InChI=1S/C20H22ClNO3S/c1-24-15-6-9-19(25-2)13(10-15)12-22(14-4-5-14)20(23)17-11-16(26-3)7-8-18(17)21/h6-11,14H,4-5,12H2,1-3H3. The summed E-state index contributed by atoms with van der Waals surface area (Å²) < 4.78 is 10.8. The van der Waals surface area contributed by atoms with Gasteiger partial charge in [-0.3, -0.25) is 4.79 Å². The highest BCUT2D eigenvalue weighted by Gasteiger charge is 2.34. The molecule has 1 fully saturated rings. The Morgan fingerprint density at radius 2 is 1.96 bits per heavy atom. The van der Waals surface area contributed by atoms with Gasteiger partial charge in [-0.05, 0) is 55.5 Å². The molecule has 4 nitrogen and oxygen atoms in total. The molecule has 2 aromatic carbocycles. The van der Waals surface area contributed by atoms with Crippen molar-refractivity contribution in [3.05, 3.63) is 52.5 Å². The number of benzene rings is 2. The molecule has 0 radical (unpaired) electrons. The minimum atomic E-state index is -0.0433. The van der Waals surface area contributed by atoms with Crippen LogP contribution in [0.3, 0.4) is 0 Å². The number of hydrogen-bond acceptors (Lipinski definition) is 4. The van der Waals surface area contributed by atoms with Crippen LogP contribution < -0.4 is 9.47 Å². The van der Waals surface area contributed by atoms with E-state index >= 15 is 0 Å². The van der Waals surface area contributed by atoms with E-state index in [0.717, 1.165) is 34.8 Å². The van der Waals surface area contributed by atoms with Crippen molar-refractivity contribution in [3.8, 4) is 11.5 Å². The van der Waals surface area contributed by atoms with Gasteiger partial charge in [0, 0.05) is 16.5 Å². The zero-order valence-corrected chi connectivity index (χ0v) is 16.7. The molecule has 0 atom stereocenters. The van der Waals surface area contributed by atoms with Crippen LogP contribution in [0.5, 0.6) is 11.5 Å². The SMILES string of the molecule is COc1ccc(OC)c(CN(C(=O)c2cc(SC)ccc2Cl)C2CC2)c1. The van der Waals surface area contributed by atoms with E-state index in [2.05, 4.69) is 0 Å². The summed E-state index contributed by atoms with van der Waals surface area (Å²) in [7, 11) is 3.26. The van der Waals surface area contributed by atoms with Crippen molar-refractivity contribution in [1.82, 2.24) is 4.90 Å². The summed E-state index contributed by atoms with van der Waals surface area (Å²) in [4.78, 5) is 16.1. The molecule has 26 heavy (non-hydrogen) atoms. The molecule has 0 unspecified atom stereocenters. The molecule has 0 N–H and O–H groups in total. The predicted molar refractivity (Wildman–Crippen MR) is 106 cm³/mol. The van der Waals surface area contributed by atoms with Crippen LogP contribution in [0.2, 0.25) is 5.02 Å². The zero-order chi connectivity index (χ0) is 18.7. The quantitative estimate of drug-likeness (QED) is 0.630. The molecular formula is C20H22ClNO3S. The number of hydrogen-bond donors (Lipinski definition) is 0. The molecule has 0 aromatic heterocycles. The summed E-state index contributed by atoms with van der Waals surface area (Å²) >= 11 is 7.92. The van der Waals surface area contributed by atoms with Gasteiger partial charge < -0.3 is 14.4 Å². The van der Waals surface area contributed by atoms with Gasteiger partial charge in [0.15, 0.2) is 0 Å². The number of thioether (sulfide) groups is 1. The first kappa shape index (κ1) is 18.9. The van der Waals surface area contributed by atoms with Gasteiger partial charge in [0.25, 0.3) is 5.91 Å². The van der Waals surface area contributed by atoms with Gasteiger partial charge in [0.05, 0.1) is 31.4 Å². The molecule has 1 aliphatic rings. The fourth-order valence-electron chi connectivity index (χ4n) is 2.89. The Labute approximate surface area is 163 Å². The highest BCUT2D eigenvalue weighted by Crippen LogP contribution is 2.34. The van der Waals surface area contributed by atoms with Gasteiger partial charge in [0.1, 0.15) is 11.5 Å². The third-order valence-corrected chi connectivity index (χ3v) is 5.54. The minimum absolute atomic E-state index is 0.0433. The Morgan fingerprint density at radius 1 is 1.19 bits per heavy atom. The summed E-state index contributed by atoms with van der Waals surface area (Å²) in [6.07, 6.45) is 4.01. The normalized spacial score (nSPS) is 13.4. The largest absolute Gasteiger partial charge is 0.497 e. The number of rotatable bonds is 7. The van der Waals surface area contributed by atoms with Crippen LogP contribution >= 0.6 is 23.4 Å². The fourth-order valence-corrected chi connectivity index (χ4v) is 3.53. The van der Waals surface area contributed by atoms with Crippen molar-refractivity contribution >= 4 is 29.3 Å². The predicted octanol–water partition coefficient (Wildman–Crippen LogP) is 4.88. The van der Waals surface area contributed by atoms with Crippen LogP contribution in [0.1, 0.15) is 28.8 Å². The van der Waals surface area contributed by atoms with E-state index in [0.29, 0.717) is 17.1 Å². The average molecular weight is 392 g/mol. The second-order valence-corrected chi connectivity index (χ2v) is 7.47. The first-order valence-corrected chi connectivity index (χ1v) is 10.0. The molecule has 0 bridgehead atoms. The van der Waals surface area contributed by atoms with E-state index in [4.69, 9.17) is 21.1 Å². The van der Waals surface area contributed by atoms with E-state index in [1.165, 1.54) is 0 Å². The average Bonchev–Trinajstić information content (AvgIpc) is 3.50. The maximum atomic E-state index is 13.2. The summed E-state index contributed by atoms with van der Waals surface area (Å²) in [5.74, 6) is 1.44. The van der Waals surface area contributed by atoms with Crippen molar-refractivity contribution < 1.29 is 14.3 Å². The second kappa shape index (κ2) is 8.23. The molecule has 0 heterocycles. The first-order valence-electron chi connectivity index (χ1n) is 8.42. The summed E-state index contributed by atoms with van der Waals surface area (Å²) in [5.41, 5.74) is 1.47. The Morgan fingerprint density at radius 3 is 2.58 bits per heavy atom. The Balaban J connectivity index is 1.92. The van der Waals surface area contributed by atoms with Crippen LogP contribution in [0, 0.1) is 0 Å². The number of carbonyl (C=O) groups excluding carboxylic acids is 1. The molecule has 0 aliphatic heterocycles. The highest BCUT2D eigenvalue weighted by atomic mass is 35.5. The molecule has 1 saturated carbocycles. The fraction of sp³-hybridized carbons (Fsp3) is 0.350. The minimum Gasteiger partial charge on any atom is -0.497 e. The number of amides is 1. The summed E-state index contributed by atoms with van der Waals surface area (Å²) in [6.45, 7) is 0.462. The smallest absolute Gasteiger partial charge is 0.255 e. The van der Waals surface area contributed by atoms with Gasteiger partial charge in [-0.25, -0.2) is 0 Å². The lowest BCUT2D eigenvalue weighted by Gasteiger charge is -2.24. The van der Waals surface area contributed by atoms with Crippen LogP contribution in [-0.2, 0) is 6.54 Å². The molecule has 6 heteroatoms. The van der Waals surface area contributed by atoms with E-state index in [1.54, 1.807) is 32.0 Å². The zero-order valence-electron chi connectivity index (χ0n) is 15.1. The Bertz CT molecular complexity index is 808. The first-order chi connectivity index (χ1) is 12.6.